The van der Waals surface area contributed by atoms with E-state index in [9.17, 15) is 26.7 Å². The molecule has 0 aliphatic rings. The third-order valence-corrected chi connectivity index (χ3v) is 2.27. The predicted molar refractivity (Wildman–Crippen MR) is 63.7 cm³/mol. The van der Waals surface area contributed by atoms with E-state index < -0.39 is 42.6 Å². The lowest BCUT2D eigenvalue weighted by Gasteiger charge is -2.11. The number of alkyl halides is 3. The fraction of sp³-hybridized carbons (Fsp3) is 0.417. The van der Waals surface area contributed by atoms with E-state index in [1.165, 1.54) is 5.32 Å². The van der Waals surface area contributed by atoms with E-state index in [4.69, 9.17) is 0 Å². The van der Waals surface area contributed by atoms with Crippen LogP contribution in [0.1, 0.15) is 5.56 Å². The van der Waals surface area contributed by atoms with Gasteiger partial charge >= 0.3 is 6.18 Å². The van der Waals surface area contributed by atoms with E-state index in [1.807, 2.05) is 0 Å². The van der Waals surface area contributed by atoms with Crippen LogP contribution in [-0.2, 0) is 11.3 Å². The third kappa shape index (κ3) is 5.94. The summed E-state index contributed by atoms with van der Waals surface area (Å²) in [5.41, 5.74) is 0.321. The highest BCUT2D eigenvalue weighted by Crippen LogP contribution is 2.23. The molecule has 1 aromatic carbocycles. The van der Waals surface area contributed by atoms with Crippen molar-refractivity contribution in [1.29, 1.82) is 0 Å². The minimum absolute atomic E-state index is 0.222. The Labute approximate surface area is 117 Å². The molecule has 9 heteroatoms. The average Bonchev–Trinajstić information content (AvgIpc) is 2.35. The van der Waals surface area contributed by atoms with E-state index in [0.29, 0.717) is 5.56 Å². The molecule has 4 nitrogen and oxygen atoms in total. The molecule has 0 aliphatic carbocycles. The minimum atomic E-state index is -4.57. The summed E-state index contributed by atoms with van der Waals surface area (Å²) in [6, 6.07) is 2.01. The first-order valence-corrected chi connectivity index (χ1v) is 5.81. The summed E-state index contributed by atoms with van der Waals surface area (Å²) in [5.74, 6) is -4.02. The molecule has 0 unspecified atom stereocenters. The van der Waals surface area contributed by atoms with Crippen molar-refractivity contribution >= 4 is 5.91 Å². The van der Waals surface area contributed by atoms with Gasteiger partial charge in [0.05, 0.1) is 0 Å². The average molecular weight is 312 g/mol. The summed E-state index contributed by atoms with van der Waals surface area (Å²) < 4.78 is 67.2. The zero-order valence-corrected chi connectivity index (χ0v) is 11.0. The molecule has 0 radical (unpaired) electrons. The van der Waals surface area contributed by atoms with Crippen LogP contribution >= 0.6 is 0 Å². The van der Waals surface area contributed by atoms with Gasteiger partial charge in [0, 0.05) is 6.54 Å². The quantitative estimate of drug-likeness (QED) is 0.787. The normalized spacial score (nSPS) is 11.3. The van der Waals surface area contributed by atoms with Gasteiger partial charge in [0.25, 0.3) is 5.91 Å². The van der Waals surface area contributed by atoms with E-state index in [0.717, 1.165) is 12.1 Å². The number of nitrogens with one attached hydrogen (secondary N) is 2. The Hall–Kier alpha value is -1.90. The summed E-state index contributed by atoms with van der Waals surface area (Å²) in [5, 5.41) is 4.21. The Bertz CT molecular complexity index is 482. The number of hydrogen-bond acceptors (Lipinski definition) is 3. The first-order valence-electron chi connectivity index (χ1n) is 5.81. The number of ether oxygens (including phenoxy) is 1. The summed E-state index contributed by atoms with van der Waals surface area (Å²) in [6.07, 6.45) is -4.57. The standard InChI is InChI=1S/C12H13F5N2O2/c1-18-4-7-2-8(13)11(9(14)3-7)21-5-10(20)19-6-12(15,16)17/h2-3,18H,4-6H2,1H3,(H,19,20). The molecule has 0 bridgehead atoms. The first-order chi connectivity index (χ1) is 9.73. The van der Waals surface area contributed by atoms with Gasteiger partial charge in [0.1, 0.15) is 6.54 Å². The van der Waals surface area contributed by atoms with Crippen LogP contribution in [0, 0.1) is 11.6 Å². The van der Waals surface area contributed by atoms with Crippen LogP contribution in [0.25, 0.3) is 0 Å². The van der Waals surface area contributed by atoms with Crippen LogP contribution < -0.4 is 15.4 Å². The van der Waals surface area contributed by atoms with E-state index in [1.54, 1.807) is 7.05 Å². The van der Waals surface area contributed by atoms with Crippen LogP contribution in [0.5, 0.6) is 5.75 Å². The van der Waals surface area contributed by atoms with Crippen LogP contribution in [0.3, 0.4) is 0 Å². The van der Waals surface area contributed by atoms with E-state index in [2.05, 4.69) is 10.1 Å². The van der Waals surface area contributed by atoms with Gasteiger partial charge in [-0.25, -0.2) is 8.78 Å². The van der Waals surface area contributed by atoms with Crippen molar-refractivity contribution in [3.8, 4) is 5.75 Å². The highest BCUT2D eigenvalue weighted by atomic mass is 19.4. The lowest BCUT2D eigenvalue weighted by Crippen LogP contribution is -2.36. The fourth-order valence-corrected chi connectivity index (χ4v) is 1.44. The molecule has 1 amide bonds. The smallest absolute Gasteiger partial charge is 0.405 e. The first kappa shape index (κ1) is 17.2. The van der Waals surface area contributed by atoms with Gasteiger partial charge in [0.2, 0.25) is 0 Å². The highest BCUT2D eigenvalue weighted by molar-refractivity contribution is 5.77. The predicted octanol–water partition coefficient (Wildman–Crippen LogP) is 1.74. The summed E-state index contributed by atoms with van der Waals surface area (Å²) >= 11 is 0. The molecule has 0 saturated heterocycles. The summed E-state index contributed by atoms with van der Waals surface area (Å²) in [7, 11) is 1.59. The molecule has 0 fully saturated rings. The van der Waals surface area contributed by atoms with Gasteiger partial charge in [-0.2, -0.15) is 13.2 Å². The number of carbonyl (C=O) groups excluding carboxylic acids is 1. The number of amides is 1. The molecule has 0 spiro atoms. The van der Waals surface area contributed by atoms with Gasteiger partial charge < -0.3 is 15.4 Å². The molecule has 0 atom stereocenters. The second kappa shape index (κ2) is 7.21. The topological polar surface area (TPSA) is 50.4 Å². The maximum Gasteiger partial charge on any atom is 0.405 e. The highest BCUT2D eigenvalue weighted by Gasteiger charge is 2.27. The van der Waals surface area contributed by atoms with Crippen molar-refractivity contribution in [2.45, 2.75) is 12.7 Å². The number of carbonyl (C=O) groups is 1. The van der Waals surface area contributed by atoms with Crippen LogP contribution in [0.2, 0.25) is 0 Å². The van der Waals surface area contributed by atoms with Crippen LogP contribution in [-0.4, -0.2) is 32.3 Å². The van der Waals surface area contributed by atoms with Crippen molar-refractivity contribution in [3.63, 3.8) is 0 Å². The van der Waals surface area contributed by atoms with Crippen molar-refractivity contribution in [1.82, 2.24) is 10.6 Å². The number of benzene rings is 1. The zero-order valence-electron chi connectivity index (χ0n) is 11.0. The second-order valence-corrected chi connectivity index (χ2v) is 4.10. The molecule has 118 valence electrons. The molecule has 21 heavy (non-hydrogen) atoms. The molecule has 2 N–H and O–H groups in total. The lowest BCUT2D eigenvalue weighted by atomic mass is 10.2. The van der Waals surface area contributed by atoms with Crippen molar-refractivity contribution < 1.29 is 31.5 Å². The fourth-order valence-electron chi connectivity index (χ4n) is 1.44. The molecule has 0 aromatic heterocycles. The van der Waals surface area contributed by atoms with Crippen molar-refractivity contribution in [3.05, 3.63) is 29.3 Å². The summed E-state index contributed by atoms with van der Waals surface area (Å²) in [4.78, 5) is 11.1. The maximum absolute atomic E-state index is 13.6. The lowest BCUT2D eigenvalue weighted by molar-refractivity contribution is -0.139. The SMILES string of the molecule is CNCc1cc(F)c(OCC(=O)NCC(F)(F)F)c(F)c1. The summed E-state index contributed by atoms with van der Waals surface area (Å²) in [6.45, 7) is -2.24. The second-order valence-electron chi connectivity index (χ2n) is 4.10. The Morgan fingerprint density at radius 2 is 1.81 bits per heavy atom. The maximum atomic E-state index is 13.6. The number of halogens is 5. The van der Waals surface area contributed by atoms with E-state index >= 15 is 0 Å². The Balaban J connectivity index is 2.61. The molecule has 0 aliphatic heterocycles. The van der Waals surface area contributed by atoms with Gasteiger partial charge in [-0.1, -0.05) is 0 Å². The van der Waals surface area contributed by atoms with Crippen molar-refractivity contribution in [2.24, 2.45) is 0 Å². The Kier molecular flexibility index (Phi) is 5.89. The van der Waals surface area contributed by atoms with Gasteiger partial charge in [-0.3, -0.25) is 4.79 Å². The minimum Gasteiger partial charge on any atom is -0.478 e. The number of rotatable bonds is 6. The molecule has 0 heterocycles. The molecule has 1 rings (SSSR count). The molecular weight excluding hydrogens is 299 g/mol. The van der Waals surface area contributed by atoms with Crippen LogP contribution in [0.4, 0.5) is 22.0 Å². The van der Waals surface area contributed by atoms with Crippen LogP contribution in [0.15, 0.2) is 12.1 Å². The largest absolute Gasteiger partial charge is 0.478 e. The zero-order chi connectivity index (χ0) is 16.0. The Morgan fingerprint density at radius 3 is 2.29 bits per heavy atom. The van der Waals surface area contributed by atoms with E-state index in [-0.39, 0.29) is 6.54 Å². The molecule has 1 aromatic rings. The van der Waals surface area contributed by atoms with Crippen molar-refractivity contribution in [2.75, 3.05) is 20.2 Å². The van der Waals surface area contributed by atoms with Gasteiger partial charge in [-0.15, -0.1) is 0 Å². The van der Waals surface area contributed by atoms with Gasteiger partial charge in [0.15, 0.2) is 24.0 Å². The van der Waals surface area contributed by atoms with Gasteiger partial charge in [-0.05, 0) is 24.7 Å². The monoisotopic (exact) mass is 312 g/mol. The molecular formula is C12H13F5N2O2. The molecule has 0 saturated carbocycles. The third-order valence-electron chi connectivity index (χ3n) is 2.27. The Morgan fingerprint density at radius 1 is 1.24 bits per heavy atom. The number of hydrogen-bond donors (Lipinski definition) is 2.